The maximum absolute atomic E-state index is 12.8. The molecule has 170 valence electrons. The number of ether oxygens (including phenoxy) is 2. The predicted molar refractivity (Wildman–Crippen MR) is 118 cm³/mol. The molecule has 3 aromatic rings. The number of carbonyl (C=O) groups excluding carboxylic acids is 1. The number of amides is 1. The third-order valence-corrected chi connectivity index (χ3v) is 5.06. The minimum absolute atomic E-state index is 0.0357. The van der Waals surface area contributed by atoms with Crippen LogP contribution in [-0.4, -0.2) is 36.0 Å². The lowest BCUT2D eigenvalue weighted by atomic mass is 10.0. The Labute approximate surface area is 190 Å². The lowest BCUT2D eigenvalue weighted by Gasteiger charge is -2.13. The molecule has 1 N–H and O–H groups in total. The summed E-state index contributed by atoms with van der Waals surface area (Å²) in [5, 5.41) is 7.92. The van der Waals surface area contributed by atoms with Crippen LogP contribution >= 0.6 is 11.6 Å². The van der Waals surface area contributed by atoms with Crippen molar-refractivity contribution in [2.24, 2.45) is 0 Å². The largest absolute Gasteiger partial charge is 0.493 e. The number of rotatable bonds is 9. The first-order valence-electron chi connectivity index (χ1n) is 10.0. The number of nitrogens with one attached hydrogen (secondary N) is 1. The number of hydrogen-bond acceptors (Lipinski definition) is 4. The summed E-state index contributed by atoms with van der Waals surface area (Å²) in [7, 11) is 1.38. The normalized spacial score (nSPS) is 11.1. The minimum Gasteiger partial charge on any atom is -0.493 e. The highest BCUT2D eigenvalue weighted by Gasteiger charge is 2.21. The van der Waals surface area contributed by atoms with Gasteiger partial charge >= 0.3 is 6.61 Å². The second kappa shape index (κ2) is 10.5. The molecule has 0 saturated carbocycles. The third-order valence-electron chi connectivity index (χ3n) is 4.81. The smallest absolute Gasteiger partial charge is 0.387 e. The Morgan fingerprint density at radius 1 is 1.16 bits per heavy atom. The van der Waals surface area contributed by atoms with Gasteiger partial charge in [0, 0.05) is 11.6 Å². The summed E-state index contributed by atoms with van der Waals surface area (Å²) in [4.78, 5) is 12.8. The van der Waals surface area contributed by atoms with Crippen LogP contribution in [0.4, 0.5) is 8.78 Å². The van der Waals surface area contributed by atoms with E-state index in [9.17, 15) is 13.6 Å². The summed E-state index contributed by atoms with van der Waals surface area (Å²) in [5.74, 6) is -0.00830. The molecule has 0 atom stereocenters. The van der Waals surface area contributed by atoms with Gasteiger partial charge < -0.3 is 14.8 Å². The summed E-state index contributed by atoms with van der Waals surface area (Å²) in [5.41, 5.74) is 2.91. The second-order valence-electron chi connectivity index (χ2n) is 7.36. The highest BCUT2D eigenvalue weighted by atomic mass is 35.5. The molecule has 9 heteroatoms. The van der Waals surface area contributed by atoms with E-state index in [-0.39, 0.29) is 23.3 Å². The zero-order valence-electron chi connectivity index (χ0n) is 17.9. The molecule has 6 nitrogen and oxygen atoms in total. The molecule has 0 saturated heterocycles. The molecule has 0 fully saturated rings. The van der Waals surface area contributed by atoms with Crippen LogP contribution < -0.4 is 14.8 Å². The molecule has 0 aliphatic rings. The Balaban J connectivity index is 1.70. The average molecular weight is 464 g/mol. The van der Waals surface area contributed by atoms with E-state index in [1.807, 2.05) is 26.0 Å². The van der Waals surface area contributed by atoms with Gasteiger partial charge in [-0.3, -0.25) is 4.79 Å². The molecule has 0 unspecified atom stereocenters. The molecule has 3 rings (SSSR count). The molecule has 1 amide bonds. The molecular formula is C23H24ClF2N3O3. The van der Waals surface area contributed by atoms with Crippen LogP contribution in [0.3, 0.4) is 0 Å². The van der Waals surface area contributed by atoms with Crippen molar-refractivity contribution in [3.8, 4) is 17.2 Å². The Hall–Kier alpha value is -3.13. The summed E-state index contributed by atoms with van der Waals surface area (Å²) in [6, 6.07) is 11.9. The van der Waals surface area contributed by atoms with Crippen molar-refractivity contribution >= 4 is 17.5 Å². The first-order chi connectivity index (χ1) is 15.3. The highest BCUT2D eigenvalue weighted by molar-refractivity contribution is 6.30. The van der Waals surface area contributed by atoms with Gasteiger partial charge in [-0.15, -0.1) is 0 Å². The van der Waals surface area contributed by atoms with Crippen molar-refractivity contribution in [3.05, 3.63) is 70.5 Å². The lowest BCUT2D eigenvalue weighted by Crippen LogP contribution is -2.26. The third kappa shape index (κ3) is 5.56. The SMILES string of the molecule is COc1cc(CCNC(=O)c2cnn(-c3ccc(Cl)cc3)c2C(C)C)ccc1OC(F)F. The number of carbonyl (C=O) groups is 1. The monoisotopic (exact) mass is 463 g/mol. The zero-order valence-corrected chi connectivity index (χ0v) is 18.7. The first kappa shape index (κ1) is 23.5. The van der Waals surface area contributed by atoms with Gasteiger partial charge in [-0.25, -0.2) is 4.68 Å². The number of hydrogen-bond donors (Lipinski definition) is 1. The van der Waals surface area contributed by atoms with Crippen LogP contribution in [0.15, 0.2) is 48.7 Å². The quantitative estimate of drug-likeness (QED) is 0.472. The minimum atomic E-state index is -2.93. The Morgan fingerprint density at radius 3 is 2.50 bits per heavy atom. The van der Waals surface area contributed by atoms with Crippen molar-refractivity contribution in [1.82, 2.24) is 15.1 Å². The number of halogens is 3. The van der Waals surface area contributed by atoms with E-state index in [2.05, 4.69) is 15.2 Å². The van der Waals surface area contributed by atoms with Crippen LogP contribution in [0.2, 0.25) is 5.02 Å². The van der Waals surface area contributed by atoms with Crippen molar-refractivity contribution in [2.45, 2.75) is 32.8 Å². The van der Waals surface area contributed by atoms with Crippen molar-refractivity contribution < 1.29 is 23.0 Å². The molecule has 0 radical (unpaired) electrons. The second-order valence-corrected chi connectivity index (χ2v) is 7.79. The van der Waals surface area contributed by atoms with E-state index in [1.165, 1.54) is 13.2 Å². The van der Waals surface area contributed by atoms with Gasteiger partial charge in [0.1, 0.15) is 0 Å². The van der Waals surface area contributed by atoms with E-state index in [0.29, 0.717) is 23.6 Å². The number of methoxy groups -OCH3 is 1. The maximum atomic E-state index is 12.8. The van der Waals surface area contributed by atoms with Gasteiger partial charge in [0.2, 0.25) is 0 Å². The van der Waals surface area contributed by atoms with Crippen molar-refractivity contribution in [1.29, 1.82) is 0 Å². The van der Waals surface area contributed by atoms with E-state index < -0.39 is 6.61 Å². The fraction of sp³-hybridized carbons (Fsp3) is 0.304. The van der Waals surface area contributed by atoms with Crippen LogP contribution in [0.5, 0.6) is 11.5 Å². The van der Waals surface area contributed by atoms with Crippen molar-refractivity contribution in [2.75, 3.05) is 13.7 Å². The summed E-state index contributed by atoms with van der Waals surface area (Å²) >= 11 is 5.97. The number of aromatic nitrogens is 2. The molecule has 1 heterocycles. The van der Waals surface area contributed by atoms with E-state index >= 15 is 0 Å². The molecule has 1 aromatic heterocycles. The molecule has 0 aliphatic carbocycles. The molecule has 2 aromatic carbocycles. The number of benzene rings is 2. The highest BCUT2D eigenvalue weighted by Crippen LogP contribution is 2.29. The number of alkyl halides is 2. The van der Waals surface area contributed by atoms with Gasteiger partial charge in [-0.05, 0) is 54.3 Å². The molecule has 0 bridgehead atoms. The van der Waals surface area contributed by atoms with Gasteiger partial charge in [0.25, 0.3) is 5.91 Å². The molecule has 0 spiro atoms. The Kier molecular flexibility index (Phi) is 7.69. The van der Waals surface area contributed by atoms with Crippen LogP contribution in [0.25, 0.3) is 5.69 Å². The topological polar surface area (TPSA) is 65.4 Å². The van der Waals surface area contributed by atoms with Gasteiger partial charge in [-0.1, -0.05) is 31.5 Å². The standard InChI is InChI=1S/C23H24ClF2N3O3/c1-14(2)21-18(13-28-29(21)17-7-5-16(24)6-8-17)22(30)27-11-10-15-4-9-19(32-23(25)26)20(12-15)31-3/h4-9,12-14,23H,10-11H2,1-3H3,(H,27,30). The van der Waals surface area contributed by atoms with Gasteiger partial charge in [-0.2, -0.15) is 13.9 Å². The van der Waals surface area contributed by atoms with E-state index in [0.717, 1.165) is 16.9 Å². The fourth-order valence-electron chi connectivity index (χ4n) is 3.35. The Bertz CT molecular complexity index is 1070. The van der Waals surface area contributed by atoms with E-state index in [1.54, 1.807) is 35.1 Å². The summed E-state index contributed by atoms with van der Waals surface area (Å²) < 4.78 is 36.2. The van der Waals surface area contributed by atoms with Crippen LogP contribution in [0, 0.1) is 0 Å². The zero-order chi connectivity index (χ0) is 23.3. The first-order valence-corrected chi connectivity index (χ1v) is 10.4. The molecular weight excluding hydrogens is 440 g/mol. The van der Waals surface area contributed by atoms with Gasteiger partial charge in [0.05, 0.1) is 30.3 Å². The summed E-state index contributed by atoms with van der Waals surface area (Å²) in [6.07, 6.45) is 2.04. The van der Waals surface area contributed by atoms with Crippen molar-refractivity contribution in [3.63, 3.8) is 0 Å². The average Bonchev–Trinajstić information content (AvgIpc) is 3.20. The summed E-state index contributed by atoms with van der Waals surface area (Å²) in [6.45, 7) is 1.41. The van der Waals surface area contributed by atoms with Gasteiger partial charge in [0.15, 0.2) is 11.5 Å². The van der Waals surface area contributed by atoms with Crippen LogP contribution in [-0.2, 0) is 6.42 Å². The molecule has 32 heavy (non-hydrogen) atoms. The maximum Gasteiger partial charge on any atom is 0.387 e. The molecule has 0 aliphatic heterocycles. The Morgan fingerprint density at radius 2 is 1.88 bits per heavy atom. The predicted octanol–water partition coefficient (Wildman–Crippen LogP) is 5.23. The van der Waals surface area contributed by atoms with E-state index in [4.69, 9.17) is 16.3 Å². The lowest BCUT2D eigenvalue weighted by molar-refractivity contribution is -0.0512. The fourth-order valence-corrected chi connectivity index (χ4v) is 3.48. The number of nitrogens with zero attached hydrogens (tertiary/aromatic N) is 2. The van der Waals surface area contributed by atoms with Crippen LogP contribution in [0.1, 0.15) is 41.4 Å².